The van der Waals surface area contributed by atoms with Crippen LogP contribution in [0.4, 0.5) is 0 Å². The standard InChI is InChI=1S/C12H23NO/c1-2-3-6-9-14-12-8-5-4-7-11(12)10-13/h2,11-12H,1,3-10,13H2. The molecule has 14 heavy (non-hydrogen) atoms. The summed E-state index contributed by atoms with van der Waals surface area (Å²) in [5.74, 6) is 0.604. The van der Waals surface area contributed by atoms with E-state index in [2.05, 4.69) is 6.58 Å². The molecule has 2 heteroatoms. The fourth-order valence-electron chi connectivity index (χ4n) is 2.13. The lowest BCUT2D eigenvalue weighted by Crippen LogP contribution is -2.33. The highest BCUT2D eigenvalue weighted by atomic mass is 16.5. The molecular formula is C12H23NO. The van der Waals surface area contributed by atoms with Crippen LogP contribution >= 0.6 is 0 Å². The Bertz CT molecular complexity index is 158. The van der Waals surface area contributed by atoms with Gasteiger partial charge in [0.1, 0.15) is 0 Å². The number of unbranched alkanes of at least 4 members (excludes halogenated alkanes) is 1. The zero-order valence-corrected chi connectivity index (χ0v) is 9.08. The van der Waals surface area contributed by atoms with E-state index in [4.69, 9.17) is 10.5 Å². The van der Waals surface area contributed by atoms with Gasteiger partial charge in [-0.05, 0) is 38.1 Å². The molecule has 0 aliphatic heterocycles. The van der Waals surface area contributed by atoms with Crippen LogP contribution in [0.25, 0.3) is 0 Å². The SMILES string of the molecule is C=CCCCOC1CCCCC1CN. The summed E-state index contributed by atoms with van der Waals surface area (Å²) in [5, 5.41) is 0. The smallest absolute Gasteiger partial charge is 0.0615 e. The maximum Gasteiger partial charge on any atom is 0.0615 e. The third-order valence-corrected chi connectivity index (χ3v) is 3.03. The normalized spacial score (nSPS) is 27.5. The minimum atomic E-state index is 0.429. The molecule has 2 nitrogen and oxygen atoms in total. The van der Waals surface area contributed by atoms with Gasteiger partial charge >= 0.3 is 0 Å². The fourth-order valence-corrected chi connectivity index (χ4v) is 2.13. The number of allylic oxidation sites excluding steroid dienone is 1. The Morgan fingerprint density at radius 3 is 2.86 bits per heavy atom. The number of rotatable bonds is 6. The van der Waals surface area contributed by atoms with Crippen molar-refractivity contribution in [2.24, 2.45) is 11.7 Å². The first-order chi connectivity index (χ1) is 6.88. The highest BCUT2D eigenvalue weighted by Gasteiger charge is 2.23. The molecule has 0 aromatic carbocycles. The predicted octanol–water partition coefficient (Wildman–Crippen LogP) is 2.49. The first-order valence-electron chi connectivity index (χ1n) is 5.81. The van der Waals surface area contributed by atoms with Gasteiger partial charge in [0, 0.05) is 6.61 Å². The minimum Gasteiger partial charge on any atom is -0.378 e. The number of hydrogen-bond donors (Lipinski definition) is 1. The zero-order valence-electron chi connectivity index (χ0n) is 9.08. The van der Waals surface area contributed by atoms with Crippen molar-refractivity contribution in [2.75, 3.05) is 13.2 Å². The van der Waals surface area contributed by atoms with Gasteiger partial charge in [0.2, 0.25) is 0 Å². The largest absolute Gasteiger partial charge is 0.378 e. The molecule has 1 rings (SSSR count). The second-order valence-electron chi connectivity index (χ2n) is 4.12. The van der Waals surface area contributed by atoms with Gasteiger partial charge in [-0.15, -0.1) is 6.58 Å². The maximum absolute atomic E-state index is 5.86. The van der Waals surface area contributed by atoms with Gasteiger partial charge in [-0.2, -0.15) is 0 Å². The highest BCUT2D eigenvalue weighted by molar-refractivity contribution is 4.76. The third kappa shape index (κ3) is 3.81. The molecule has 0 heterocycles. The van der Waals surface area contributed by atoms with Gasteiger partial charge in [-0.1, -0.05) is 18.9 Å². The lowest BCUT2D eigenvalue weighted by molar-refractivity contribution is -0.00855. The van der Waals surface area contributed by atoms with E-state index in [1.54, 1.807) is 0 Å². The van der Waals surface area contributed by atoms with E-state index in [1.165, 1.54) is 25.7 Å². The predicted molar refractivity (Wildman–Crippen MR) is 60.2 cm³/mol. The van der Waals surface area contributed by atoms with E-state index in [0.29, 0.717) is 12.0 Å². The average Bonchev–Trinajstić information content (AvgIpc) is 2.25. The van der Waals surface area contributed by atoms with E-state index >= 15 is 0 Å². The van der Waals surface area contributed by atoms with E-state index in [1.807, 2.05) is 6.08 Å². The molecule has 1 fully saturated rings. The fraction of sp³-hybridized carbons (Fsp3) is 0.833. The van der Waals surface area contributed by atoms with Crippen LogP contribution in [0, 0.1) is 5.92 Å². The summed E-state index contributed by atoms with van der Waals surface area (Å²) in [4.78, 5) is 0. The molecule has 0 bridgehead atoms. The van der Waals surface area contributed by atoms with Crippen LogP contribution in [0.15, 0.2) is 12.7 Å². The van der Waals surface area contributed by atoms with Crippen LogP contribution < -0.4 is 5.73 Å². The number of ether oxygens (including phenoxy) is 1. The van der Waals surface area contributed by atoms with E-state index in [9.17, 15) is 0 Å². The summed E-state index contributed by atoms with van der Waals surface area (Å²) in [6.45, 7) is 5.35. The minimum absolute atomic E-state index is 0.429. The van der Waals surface area contributed by atoms with Crippen molar-refractivity contribution in [3.63, 3.8) is 0 Å². The van der Waals surface area contributed by atoms with E-state index < -0.39 is 0 Å². The Hall–Kier alpha value is -0.340. The molecule has 2 atom stereocenters. The molecule has 0 radical (unpaired) electrons. The quantitative estimate of drug-likeness (QED) is 0.524. The average molecular weight is 197 g/mol. The molecule has 1 aliphatic rings. The van der Waals surface area contributed by atoms with Gasteiger partial charge in [0.25, 0.3) is 0 Å². The molecule has 1 saturated carbocycles. The van der Waals surface area contributed by atoms with Crippen molar-refractivity contribution < 1.29 is 4.74 Å². The molecule has 2 N–H and O–H groups in total. The van der Waals surface area contributed by atoms with Crippen LogP contribution in [-0.4, -0.2) is 19.3 Å². The van der Waals surface area contributed by atoms with Crippen molar-refractivity contribution in [1.29, 1.82) is 0 Å². The van der Waals surface area contributed by atoms with Crippen LogP contribution in [0.5, 0.6) is 0 Å². The summed E-state index contributed by atoms with van der Waals surface area (Å²) >= 11 is 0. The van der Waals surface area contributed by atoms with E-state index in [-0.39, 0.29) is 0 Å². The highest BCUT2D eigenvalue weighted by Crippen LogP contribution is 2.26. The first-order valence-corrected chi connectivity index (χ1v) is 5.81. The van der Waals surface area contributed by atoms with Crippen molar-refractivity contribution in [3.8, 4) is 0 Å². The number of hydrogen-bond acceptors (Lipinski definition) is 2. The Morgan fingerprint density at radius 1 is 1.36 bits per heavy atom. The summed E-state index contributed by atoms with van der Waals surface area (Å²) in [5.41, 5.74) is 5.73. The second kappa shape index (κ2) is 7.02. The zero-order chi connectivity index (χ0) is 10.2. The Morgan fingerprint density at radius 2 is 2.14 bits per heavy atom. The summed E-state index contributed by atoms with van der Waals surface area (Å²) in [6, 6.07) is 0. The van der Waals surface area contributed by atoms with Crippen LogP contribution in [-0.2, 0) is 4.74 Å². The van der Waals surface area contributed by atoms with E-state index in [0.717, 1.165) is 26.0 Å². The summed E-state index contributed by atoms with van der Waals surface area (Å²) < 4.78 is 5.86. The van der Waals surface area contributed by atoms with Crippen molar-refractivity contribution in [2.45, 2.75) is 44.6 Å². The Labute approximate surface area is 87.5 Å². The summed E-state index contributed by atoms with van der Waals surface area (Å²) in [7, 11) is 0. The van der Waals surface area contributed by atoms with Crippen molar-refractivity contribution >= 4 is 0 Å². The molecule has 0 aromatic heterocycles. The van der Waals surface area contributed by atoms with Gasteiger partial charge in [-0.3, -0.25) is 0 Å². The third-order valence-electron chi connectivity index (χ3n) is 3.03. The molecule has 0 spiro atoms. The number of nitrogens with two attached hydrogens (primary N) is 1. The molecule has 0 amide bonds. The molecule has 0 aromatic rings. The van der Waals surface area contributed by atoms with Crippen LogP contribution in [0.1, 0.15) is 38.5 Å². The van der Waals surface area contributed by atoms with Gasteiger partial charge in [0.05, 0.1) is 6.10 Å². The topological polar surface area (TPSA) is 35.2 Å². The van der Waals surface area contributed by atoms with Gasteiger partial charge in [-0.25, -0.2) is 0 Å². The molecular weight excluding hydrogens is 174 g/mol. The molecule has 82 valence electrons. The Balaban J connectivity index is 2.16. The molecule has 2 unspecified atom stereocenters. The van der Waals surface area contributed by atoms with Gasteiger partial charge < -0.3 is 10.5 Å². The lowest BCUT2D eigenvalue weighted by Gasteiger charge is -2.30. The second-order valence-corrected chi connectivity index (χ2v) is 4.12. The Kier molecular flexibility index (Phi) is 5.88. The monoisotopic (exact) mass is 197 g/mol. The van der Waals surface area contributed by atoms with Gasteiger partial charge in [0.15, 0.2) is 0 Å². The van der Waals surface area contributed by atoms with Crippen LogP contribution in [0.3, 0.4) is 0 Å². The maximum atomic E-state index is 5.86. The summed E-state index contributed by atoms with van der Waals surface area (Å²) in [6.07, 6.45) is 9.62. The van der Waals surface area contributed by atoms with Crippen molar-refractivity contribution in [1.82, 2.24) is 0 Å². The molecule has 1 aliphatic carbocycles. The lowest BCUT2D eigenvalue weighted by atomic mass is 9.86. The molecule has 0 saturated heterocycles. The van der Waals surface area contributed by atoms with Crippen molar-refractivity contribution in [3.05, 3.63) is 12.7 Å². The van der Waals surface area contributed by atoms with Crippen LogP contribution in [0.2, 0.25) is 0 Å². The first kappa shape index (κ1) is 11.7.